The van der Waals surface area contributed by atoms with Gasteiger partial charge < -0.3 is 5.11 Å². The maximum atomic E-state index is 12.8. The smallest absolute Gasteiger partial charge is 0.243 e. The molecule has 2 aromatic rings. The van der Waals surface area contributed by atoms with Crippen molar-refractivity contribution in [3.8, 4) is 0 Å². The highest BCUT2D eigenvalue weighted by atomic mass is 32.2. The van der Waals surface area contributed by atoms with Crippen LogP contribution in [0.3, 0.4) is 0 Å². The first kappa shape index (κ1) is 19.5. The fourth-order valence-corrected chi connectivity index (χ4v) is 5.64. The number of hydrogen-bond acceptors (Lipinski definition) is 5. The summed E-state index contributed by atoms with van der Waals surface area (Å²) in [4.78, 5) is 4.86. The molecule has 0 saturated carbocycles. The highest BCUT2D eigenvalue weighted by Gasteiger charge is 2.38. The van der Waals surface area contributed by atoms with Crippen molar-refractivity contribution in [3.05, 3.63) is 66.2 Å². The molecule has 0 spiro atoms. The maximum absolute atomic E-state index is 12.8. The third-order valence-corrected chi connectivity index (χ3v) is 7.62. The van der Waals surface area contributed by atoms with E-state index in [0.717, 1.165) is 13.1 Å². The molecule has 6 nitrogen and oxygen atoms in total. The van der Waals surface area contributed by atoms with E-state index in [1.807, 2.05) is 24.3 Å². The lowest BCUT2D eigenvalue weighted by atomic mass is 10.1. The van der Waals surface area contributed by atoms with E-state index in [4.69, 9.17) is 0 Å². The molecule has 2 heterocycles. The van der Waals surface area contributed by atoms with Gasteiger partial charge in [-0.3, -0.25) is 9.80 Å². The van der Waals surface area contributed by atoms with Gasteiger partial charge in [-0.2, -0.15) is 4.31 Å². The number of aliphatic hydroxyl groups is 1. The van der Waals surface area contributed by atoms with Crippen molar-refractivity contribution >= 4 is 10.0 Å². The molecule has 1 N–H and O–H groups in total. The van der Waals surface area contributed by atoms with Crippen molar-refractivity contribution in [3.63, 3.8) is 0 Å². The first-order valence-corrected chi connectivity index (χ1v) is 11.2. The van der Waals surface area contributed by atoms with Crippen LogP contribution in [0.5, 0.6) is 0 Å². The summed E-state index contributed by atoms with van der Waals surface area (Å²) in [6.45, 7) is 4.50. The third kappa shape index (κ3) is 4.14. The van der Waals surface area contributed by atoms with Gasteiger partial charge in [0, 0.05) is 51.9 Å². The van der Waals surface area contributed by atoms with Crippen LogP contribution < -0.4 is 0 Å². The number of piperazine rings is 1. The number of sulfonamides is 1. The fourth-order valence-electron chi connectivity index (χ4n) is 4.19. The summed E-state index contributed by atoms with van der Waals surface area (Å²) in [5, 5.41) is 10.6. The minimum absolute atomic E-state index is 0.0605. The van der Waals surface area contributed by atoms with Gasteiger partial charge in [-0.25, -0.2) is 8.42 Å². The summed E-state index contributed by atoms with van der Waals surface area (Å²) in [5.41, 5.74) is 1.24. The van der Waals surface area contributed by atoms with Crippen molar-refractivity contribution in [2.45, 2.75) is 23.6 Å². The van der Waals surface area contributed by atoms with Gasteiger partial charge in [0.15, 0.2) is 0 Å². The molecule has 0 amide bonds. The zero-order valence-electron chi connectivity index (χ0n) is 15.9. The Bertz CT molecular complexity index is 868. The van der Waals surface area contributed by atoms with Gasteiger partial charge in [0.1, 0.15) is 0 Å². The second-order valence-electron chi connectivity index (χ2n) is 7.57. The molecule has 2 atom stereocenters. The zero-order chi connectivity index (χ0) is 19.6. The molecule has 150 valence electrons. The molecule has 2 aliphatic heterocycles. The summed E-state index contributed by atoms with van der Waals surface area (Å²) in [5.74, 6) is 0. The molecule has 2 fully saturated rings. The Kier molecular flexibility index (Phi) is 5.80. The summed E-state index contributed by atoms with van der Waals surface area (Å²) in [6.07, 6.45) is -0.402. The molecule has 28 heavy (non-hydrogen) atoms. The molecule has 0 bridgehead atoms. The zero-order valence-corrected chi connectivity index (χ0v) is 16.7. The number of aliphatic hydroxyl groups excluding tert-OH is 1. The molecule has 0 aromatic heterocycles. The Labute approximate surface area is 167 Å². The quantitative estimate of drug-likeness (QED) is 0.817. The summed E-state index contributed by atoms with van der Waals surface area (Å²) < 4.78 is 27.1. The van der Waals surface area contributed by atoms with Crippen molar-refractivity contribution in [1.82, 2.24) is 14.1 Å². The highest BCUT2D eigenvalue weighted by Crippen LogP contribution is 2.22. The predicted octanol–water partition coefficient (Wildman–Crippen LogP) is 1.24. The number of β-amino-alcohol motifs (C(OH)–C–C–N with tert-alkyl or cyclic N) is 1. The summed E-state index contributed by atoms with van der Waals surface area (Å²) >= 11 is 0. The van der Waals surface area contributed by atoms with Gasteiger partial charge in [-0.05, 0) is 17.7 Å². The maximum Gasteiger partial charge on any atom is 0.243 e. The van der Waals surface area contributed by atoms with Crippen LogP contribution >= 0.6 is 0 Å². The molecule has 2 aliphatic rings. The van der Waals surface area contributed by atoms with E-state index in [1.54, 1.807) is 28.6 Å². The number of rotatable bonds is 5. The van der Waals surface area contributed by atoms with Crippen LogP contribution in [0, 0.1) is 0 Å². The van der Waals surface area contributed by atoms with Gasteiger partial charge in [0.05, 0.1) is 11.0 Å². The molecular weight excluding hydrogens is 374 g/mol. The van der Waals surface area contributed by atoms with Crippen LogP contribution in [0.25, 0.3) is 0 Å². The normalized spacial score (nSPS) is 25.2. The second kappa shape index (κ2) is 8.31. The van der Waals surface area contributed by atoms with Crippen LogP contribution in [-0.2, 0) is 16.6 Å². The van der Waals surface area contributed by atoms with Crippen LogP contribution in [0.1, 0.15) is 5.56 Å². The molecule has 0 aliphatic carbocycles. The van der Waals surface area contributed by atoms with Gasteiger partial charge in [-0.1, -0.05) is 48.5 Å². The Hall–Kier alpha value is -1.77. The molecular formula is C21H27N3O3S. The van der Waals surface area contributed by atoms with Crippen LogP contribution in [-0.4, -0.2) is 79.0 Å². The van der Waals surface area contributed by atoms with E-state index in [-0.39, 0.29) is 6.04 Å². The van der Waals surface area contributed by atoms with Crippen molar-refractivity contribution in [1.29, 1.82) is 0 Å². The lowest BCUT2D eigenvalue weighted by Crippen LogP contribution is -2.54. The standard InChI is InChI=1S/C21H27N3O3S/c25-21-17-22(15-18-7-3-1-4-8-18)16-20(21)23-11-13-24(14-12-23)28(26,27)19-9-5-2-6-10-19/h1-10,20-21,25H,11-17H2. The van der Waals surface area contributed by atoms with Crippen LogP contribution in [0.2, 0.25) is 0 Å². The predicted molar refractivity (Wildman–Crippen MR) is 108 cm³/mol. The molecule has 7 heteroatoms. The third-order valence-electron chi connectivity index (χ3n) is 5.71. The molecule has 0 radical (unpaired) electrons. The van der Waals surface area contributed by atoms with Crippen LogP contribution in [0.15, 0.2) is 65.6 Å². The summed E-state index contributed by atoms with van der Waals surface area (Å²) in [7, 11) is -3.44. The molecule has 4 rings (SSSR count). The number of benzene rings is 2. The van der Waals surface area contributed by atoms with Gasteiger partial charge in [0.25, 0.3) is 0 Å². The Morgan fingerprint density at radius 3 is 2.11 bits per heavy atom. The minimum atomic E-state index is -3.44. The second-order valence-corrected chi connectivity index (χ2v) is 9.51. The minimum Gasteiger partial charge on any atom is -0.390 e. The van der Waals surface area contributed by atoms with E-state index < -0.39 is 16.1 Å². The van der Waals surface area contributed by atoms with E-state index in [9.17, 15) is 13.5 Å². The molecule has 2 saturated heterocycles. The van der Waals surface area contributed by atoms with Gasteiger partial charge >= 0.3 is 0 Å². The average Bonchev–Trinajstić information content (AvgIpc) is 3.09. The fraction of sp³-hybridized carbons (Fsp3) is 0.429. The number of likely N-dealkylation sites (tertiary alicyclic amines) is 1. The Balaban J connectivity index is 1.35. The monoisotopic (exact) mass is 401 g/mol. The van der Waals surface area contributed by atoms with Gasteiger partial charge in [0.2, 0.25) is 10.0 Å². The number of nitrogens with zero attached hydrogens (tertiary/aromatic N) is 3. The Morgan fingerprint density at radius 1 is 0.857 bits per heavy atom. The van der Waals surface area contributed by atoms with E-state index in [2.05, 4.69) is 21.9 Å². The highest BCUT2D eigenvalue weighted by molar-refractivity contribution is 7.89. The van der Waals surface area contributed by atoms with E-state index in [0.29, 0.717) is 37.6 Å². The topological polar surface area (TPSA) is 64.1 Å². The average molecular weight is 402 g/mol. The van der Waals surface area contributed by atoms with E-state index >= 15 is 0 Å². The lowest BCUT2D eigenvalue weighted by Gasteiger charge is -2.38. The first-order chi connectivity index (χ1) is 13.5. The van der Waals surface area contributed by atoms with Crippen molar-refractivity contribution < 1.29 is 13.5 Å². The van der Waals surface area contributed by atoms with Crippen molar-refractivity contribution in [2.75, 3.05) is 39.3 Å². The molecule has 2 unspecified atom stereocenters. The van der Waals surface area contributed by atoms with Crippen LogP contribution in [0.4, 0.5) is 0 Å². The largest absolute Gasteiger partial charge is 0.390 e. The molecule has 2 aromatic carbocycles. The van der Waals surface area contributed by atoms with Crippen molar-refractivity contribution in [2.24, 2.45) is 0 Å². The first-order valence-electron chi connectivity index (χ1n) is 9.77. The van der Waals surface area contributed by atoms with Gasteiger partial charge in [-0.15, -0.1) is 0 Å². The number of hydrogen-bond donors (Lipinski definition) is 1. The summed E-state index contributed by atoms with van der Waals surface area (Å²) in [6, 6.07) is 18.9. The van der Waals surface area contributed by atoms with E-state index in [1.165, 1.54) is 5.56 Å². The lowest BCUT2D eigenvalue weighted by molar-refractivity contribution is 0.0618. The SMILES string of the molecule is O=S(=O)(c1ccccc1)N1CCN(C2CN(Cc3ccccc3)CC2O)CC1. The Morgan fingerprint density at radius 2 is 1.46 bits per heavy atom.